The maximum absolute atomic E-state index is 5.00. The topological polar surface area (TPSA) is 34.1 Å². The van der Waals surface area contributed by atoms with Gasteiger partial charge in [-0.25, -0.2) is 0 Å². The third-order valence-corrected chi connectivity index (χ3v) is 3.29. The van der Waals surface area contributed by atoms with Crippen molar-refractivity contribution in [3.05, 3.63) is 29.6 Å². The second-order valence-corrected chi connectivity index (χ2v) is 4.53. The summed E-state index contributed by atoms with van der Waals surface area (Å²) in [6.07, 6.45) is 5.19. The lowest BCUT2D eigenvalue weighted by molar-refractivity contribution is 0.199. The zero-order valence-electron chi connectivity index (χ0n) is 10.1. The summed E-state index contributed by atoms with van der Waals surface area (Å²) < 4.78 is 5.00. The molecule has 16 heavy (non-hydrogen) atoms. The van der Waals surface area contributed by atoms with Gasteiger partial charge in [0.15, 0.2) is 0 Å². The quantitative estimate of drug-likeness (QED) is 0.741. The van der Waals surface area contributed by atoms with Gasteiger partial charge >= 0.3 is 0 Å². The molecule has 0 saturated heterocycles. The predicted octanol–water partition coefficient (Wildman–Crippen LogP) is 1.73. The maximum Gasteiger partial charge on any atom is 0.0587 e. The molecule has 1 aromatic heterocycles. The zero-order valence-corrected chi connectivity index (χ0v) is 10.1. The molecule has 2 rings (SSSR count). The third-order valence-electron chi connectivity index (χ3n) is 3.29. The second kappa shape index (κ2) is 5.41. The molecule has 0 bridgehead atoms. The molecule has 1 heterocycles. The van der Waals surface area contributed by atoms with Gasteiger partial charge in [0, 0.05) is 26.0 Å². The highest BCUT2D eigenvalue weighted by Gasteiger charge is 2.38. The minimum Gasteiger partial charge on any atom is -0.383 e. The molecule has 1 N–H and O–H groups in total. The van der Waals surface area contributed by atoms with Crippen LogP contribution in [0.5, 0.6) is 0 Å². The number of pyridine rings is 1. The van der Waals surface area contributed by atoms with E-state index < -0.39 is 0 Å². The van der Waals surface area contributed by atoms with Crippen molar-refractivity contribution in [3.63, 3.8) is 0 Å². The van der Waals surface area contributed by atoms with Crippen LogP contribution in [0.3, 0.4) is 0 Å². The number of rotatable bonds is 6. The molecule has 1 saturated carbocycles. The van der Waals surface area contributed by atoms with E-state index in [2.05, 4.69) is 23.3 Å². The van der Waals surface area contributed by atoms with E-state index in [1.165, 1.54) is 17.5 Å². The van der Waals surface area contributed by atoms with Gasteiger partial charge in [-0.15, -0.1) is 0 Å². The van der Waals surface area contributed by atoms with E-state index in [9.17, 15) is 0 Å². The lowest BCUT2D eigenvalue weighted by Crippen LogP contribution is -2.21. The van der Waals surface area contributed by atoms with Crippen LogP contribution in [0.2, 0.25) is 0 Å². The fourth-order valence-electron chi connectivity index (χ4n) is 2.18. The Labute approximate surface area is 97.2 Å². The van der Waals surface area contributed by atoms with Crippen LogP contribution in [0.4, 0.5) is 0 Å². The number of aromatic nitrogens is 1. The molecule has 0 spiro atoms. The van der Waals surface area contributed by atoms with Gasteiger partial charge in [-0.1, -0.05) is 0 Å². The first-order chi connectivity index (χ1) is 7.83. The largest absolute Gasteiger partial charge is 0.383 e. The molecule has 3 heteroatoms. The van der Waals surface area contributed by atoms with Gasteiger partial charge in [0.05, 0.1) is 6.61 Å². The zero-order chi connectivity index (χ0) is 11.4. The Bertz CT molecular complexity index is 340. The van der Waals surface area contributed by atoms with Crippen LogP contribution in [0.15, 0.2) is 18.5 Å². The number of hydrogen-bond acceptors (Lipinski definition) is 3. The molecule has 0 aromatic carbocycles. The van der Waals surface area contributed by atoms with Gasteiger partial charge in [-0.2, -0.15) is 0 Å². The number of nitrogens with zero attached hydrogens (tertiary/aromatic N) is 1. The lowest BCUT2D eigenvalue weighted by Gasteiger charge is -2.05. The highest BCUT2D eigenvalue weighted by Crippen LogP contribution is 2.47. The van der Waals surface area contributed by atoms with Gasteiger partial charge in [0.25, 0.3) is 0 Å². The minimum absolute atomic E-state index is 0.726. The first kappa shape index (κ1) is 11.6. The van der Waals surface area contributed by atoms with Gasteiger partial charge in [0.2, 0.25) is 0 Å². The van der Waals surface area contributed by atoms with E-state index in [1.807, 2.05) is 12.4 Å². The Morgan fingerprint density at radius 1 is 1.56 bits per heavy atom. The van der Waals surface area contributed by atoms with E-state index in [-0.39, 0.29) is 0 Å². The molecule has 0 radical (unpaired) electrons. The Balaban J connectivity index is 1.76. The molecular formula is C13H20N2O. The summed E-state index contributed by atoms with van der Waals surface area (Å²) in [6.45, 7) is 5.02. The van der Waals surface area contributed by atoms with Gasteiger partial charge in [-0.05, 0) is 48.9 Å². The second-order valence-electron chi connectivity index (χ2n) is 4.53. The Morgan fingerprint density at radius 3 is 3.19 bits per heavy atom. The predicted molar refractivity (Wildman–Crippen MR) is 64.6 cm³/mol. The van der Waals surface area contributed by atoms with Gasteiger partial charge in [-0.3, -0.25) is 4.98 Å². The SMILES string of the molecule is COCCNCC1CC1c1cnccc1C. The Hall–Kier alpha value is -0.930. The number of aryl methyl sites for hydroxylation is 1. The van der Waals surface area contributed by atoms with Crippen LogP contribution in [0.25, 0.3) is 0 Å². The fourth-order valence-corrected chi connectivity index (χ4v) is 2.18. The summed E-state index contributed by atoms with van der Waals surface area (Å²) in [4.78, 5) is 4.21. The van der Waals surface area contributed by atoms with Crippen molar-refractivity contribution in [3.8, 4) is 0 Å². The van der Waals surface area contributed by atoms with Crippen molar-refractivity contribution in [1.29, 1.82) is 0 Å². The molecule has 1 aliphatic carbocycles. The van der Waals surface area contributed by atoms with E-state index in [1.54, 1.807) is 7.11 Å². The number of methoxy groups -OCH3 is 1. The molecule has 2 atom stereocenters. The summed E-state index contributed by atoms with van der Waals surface area (Å²) >= 11 is 0. The van der Waals surface area contributed by atoms with Crippen LogP contribution in [0, 0.1) is 12.8 Å². The first-order valence-electron chi connectivity index (χ1n) is 5.93. The standard InChI is InChI=1S/C13H20N2O/c1-10-3-4-14-9-13(10)12-7-11(12)8-15-5-6-16-2/h3-4,9,11-12,15H,5-8H2,1-2H3. The van der Waals surface area contributed by atoms with Crippen LogP contribution in [-0.4, -0.2) is 31.8 Å². The summed E-state index contributed by atoms with van der Waals surface area (Å²) in [7, 11) is 1.74. The fraction of sp³-hybridized carbons (Fsp3) is 0.615. The molecule has 0 amide bonds. The van der Waals surface area contributed by atoms with E-state index in [4.69, 9.17) is 4.74 Å². The molecule has 1 aromatic rings. The molecule has 1 fully saturated rings. The van der Waals surface area contributed by atoms with E-state index in [0.29, 0.717) is 0 Å². The molecule has 88 valence electrons. The maximum atomic E-state index is 5.00. The minimum atomic E-state index is 0.726. The van der Waals surface area contributed by atoms with Crippen LogP contribution in [-0.2, 0) is 4.74 Å². The van der Waals surface area contributed by atoms with Crippen molar-refractivity contribution in [1.82, 2.24) is 10.3 Å². The summed E-state index contributed by atoms with van der Waals surface area (Å²) in [5.41, 5.74) is 2.81. The van der Waals surface area contributed by atoms with E-state index in [0.717, 1.165) is 31.5 Å². The normalized spacial score (nSPS) is 23.4. The van der Waals surface area contributed by atoms with E-state index >= 15 is 0 Å². The molecule has 1 aliphatic rings. The Morgan fingerprint density at radius 2 is 2.44 bits per heavy atom. The first-order valence-corrected chi connectivity index (χ1v) is 5.93. The third kappa shape index (κ3) is 2.80. The van der Waals surface area contributed by atoms with Gasteiger partial charge < -0.3 is 10.1 Å². The number of hydrogen-bond donors (Lipinski definition) is 1. The van der Waals surface area contributed by atoms with Crippen molar-refractivity contribution >= 4 is 0 Å². The highest BCUT2D eigenvalue weighted by atomic mass is 16.5. The van der Waals surface area contributed by atoms with Crippen molar-refractivity contribution in [2.75, 3.05) is 26.8 Å². The highest BCUT2D eigenvalue weighted by molar-refractivity contribution is 5.30. The van der Waals surface area contributed by atoms with Crippen molar-refractivity contribution < 1.29 is 4.74 Å². The molecular weight excluding hydrogens is 200 g/mol. The average molecular weight is 220 g/mol. The summed E-state index contributed by atoms with van der Waals surface area (Å²) in [6, 6.07) is 2.10. The van der Waals surface area contributed by atoms with Crippen LogP contribution < -0.4 is 5.32 Å². The van der Waals surface area contributed by atoms with Crippen LogP contribution >= 0.6 is 0 Å². The molecule has 2 unspecified atom stereocenters. The molecule has 0 aliphatic heterocycles. The monoisotopic (exact) mass is 220 g/mol. The van der Waals surface area contributed by atoms with Crippen molar-refractivity contribution in [2.24, 2.45) is 5.92 Å². The number of ether oxygens (including phenoxy) is 1. The smallest absolute Gasteiger partial charge is 0.0587 e. The van der Waals surface area contributed by atoms with Crippen molar-refractivity contribution in [2.45, 2.75) is 19.3 Å². The van der Waals surface area contributed by atoms with Gasteiger partial charge in [0.1, 0.15) is 0 Å². The summed E-state index contributed by atoms with van der Waals surface area (Å²) in [5, 5.41) is 3.42. The van der Waals surface area contributed by atoms with Crippen LogP contribution in [0.1, 0.15) is 23.5 Å². The number of nitrogens with one attached hydrogen (secondary N) is 1. The Kier molecular flexibility index (Phi) is 3.91. The lowest BCUT2D eigenvalue weighted by atomic mass is 10.1. The molecule has 3 nitrogen and oxygen atoms in total. The average Bonchev–Trinajstić information content (AvgIpc) is 3.05. The summed E-state index contributed by atoms with van der Waals surface area (Å²) in [5.74, 6) is 1.52.